The van der Waals surface area contributed by atoms with Crippen LogP contribution in [0.4, 0.5) is 15.8 Å². The number of aryl methyl sites for hydroxylation is 1. The van der Waals surface area contributed by atoms with Crippen molar-refractivity contribution < 1.29 is 4.39 Å². The Morgan fingerprint density at radius 3 is 2.61 bits per heavy atom. The van der Waals surface area contributed by atoms with Gasteiger partial charge in [-0.1, -0.05) is 12.2 Å². The molecule has 2 aromatic rings. The largest absolute Gasteiger partial charge is 0.352 e. The average Bonchev–Trinajstić information content (AvgIpc) is 2.90. The zero-order valence-corrected chi connectivity index (χ0v) is 21.1. The normalized spacial score (nSPS) is 16.3. The Labute approximate surface area is 213 Å². The number of aromatic nitrogens is 3. The molecular weight excluding hydrogens is 469 g/mol. The first-order valence-electron chi connectivity index (χ1n) is 12.5. The molecule has 1 aromatic heterocycles. The molecule has 0 spiro atoms. The molecular formula is C29H28FN5S. The monoisotopic (exact) mass is 497 g/mol. The van der Waals surface area contributed by atoms with E-state index in [0.717, 1.165) is 87.4 Å². The summed E-state index contributed by atoms with van der Waals surface area (Å²) in [6, 6.07) is 15.3. The number of thioether (sulfide) groups is 1. The lowest BCUT2D eigenvalue weighted by Crippen LogP contribution is -2.40. The van der Waals surface area contributed by atoms with E-state index >= 15 is 0 Å². The first-order chi connectivity index (χ1) is 17.6. The number of hydrogen-bond donors (Lipinski definition) is 1. The molecule has 1 saturated heterocycles. The highest BCUT2D eigenvalue weighted by Crippen LogP contribution is 2.25. The van der Waals surface area contributed by atoms with Crippen LogP contribution in [0.1, 0.15) is 31.4 Å². The zero-order chi connectivity index (χ0) is 24.5. The lowest BCUT2D eigenvalue weighted by molar-refractivity contribution is 0.613. The lowest BCUT2D eigenvalue weighted by Gasteiger charge is -2.21. The highest BCUT2D eigenvalue weighted by molar-refractivity contribution is 7.99. The van der Waals surface area contributed by atoms with Crippen molar-refractivity contribution in [3.05, 3.63) is 82.3 Å². The van der Waals surface area contributed by atoms with E-state index in [-0.39, 0.29) is 5.82 Å². The molecule has 0 atom stereocenters. The highest BCUT2D eigenvalue weighted by atomic mass is 32.2. The summed E-state index contributed by atoms with van der Waals surface area (Å²) in [6.45, 7) is 1.98. The summed E-state index contributed by atoms with van der Waals surface area (Å²) in [7, 11) is 0. The predicted octanol–water partition coefficient (Wildman–Crippen LogP) is 4.71. The van der Waals surface area contributed by atoms with E-state index in [4.69, 9.17) is 9.98 Å². The number of nitrogens with one attached hydrogen (secondary N) is 1. The van der Waals surface area contributed by atoms with Crippen molar-refractivity contribution >= 4 is 35.3 Å². The van der Waals surface area contributed by atoms with E-state index in [9.17, 15) is 4.39 Å². The molecule has 0 saturated carbocycles. The van der Waals surface area contributed by atoms with Crippen molar-refractivity contribution in [2.24, 2.45) is 4.99 Å². The van der Waals surface area contributed by atoms with Crippen LogP contribution in [0.25, 0.3) is 29.2 Å². The summed E-state index contributed by atoms with van der Waals surface area (Å²) in [5.74, 6) is 2.04. The molecule has 182 valence electrons. The quantitative estimate of drug-likeness (QED) is 0.444. The second-order valence-electron chi connectivity index (χ2n) is 9.32. The van der Waals surface area contributed by atoms with Crippen LogP contribution in [-0.4, -0.2) is 32.1 Å². The summed E-state index contributed by atoms with van der Waals surface area (Å²) in [4.78, 5) is 14.7. The number of rotatable bonds is 4. The fourth-order valence-electron chi connectivity index (χ4n) is 4.84. The molecule has 0 amide bonds. The first kappa shape index (κ1) is 23.0. The van der Waals surface area contributed by atoms with Crippen molar-refractivity contribution in [1.29, 1.82) is 0 Å². The highest BCUT2D eigenvalue weighted by Gasteiger charge is 2.18. The molecule has 0 bridgehead atoms. The maximum Gasteiger partial charge on any atom is 0.123 e. The van der Waals surface area contributed by atoms with Gasteiger partial charge in [-0.05, 0) is 92.6 Å². The van der Waals surface area contributed by atoms with Gasteiger partial charge in [0.05, 0.1) is 51.1 Å². The molecule has 1 aromatic carbocycles. The standard InChI is InChI=1S/C29H28FN5S/c1-19-6-9-22(18-31-19)33-25-16-27-29(17-26(25)32-21-12-14-36-15-13-21)35(23-10-7-20(30)8-11-23)28-5-3-2-4-24(28)34-27/h4-11,16-18,21,33H,2-3,12-15H2,1H3. The molecule has 6 rings (SSSR count). The Bertz CT molecular complexity index is 1550. The molecule has 5 nitrogen and oxygen atoms in total. The second-order valence-corrected chi connectivity index (χ2v) is 10.5. The minimum atomic E-state index is -0.244. The smallest absolute Gasteiger partial charge is 0.123 e. The van der Waals surface area contributed by atoms with Crippen molar-refractivity contribution in [3.63, 3.8) is 0 Å². The van der Waals surface area contributed by atoms with Gasteiger partial charge >= 0.3 is 0 Å². The van der Waals surface area contributed by atoms with Gasteiger partial charge in [-0.3, -0.25) is 9.98 Å². The summed E-state index contributed by atoms with van der Waals surface area (Å²) in [5, 5.41) is 6.46. The fourth-order valence-corrected chi connectivity index (χ4v) is 5.92. The van der Waals surface area contributed by atoms with Gasteiger partial charge in [-0.15, -0.1) is 0 Å². The fraction of sp³-hybridized carbons (Fsp3) is 0.276. The molecule has 2 aliphatic heterocycles. The number of hydrogen-bond acceptors (Lipinski definition) is 5. The van der Waals surface area contributed by atoms with Gasteiger partial charge in [-0.25, -0.2) is 9.37 Å². The third-order valence-electron chi connectivity index (χ3n) is 6.71. The molecule has 1 N–H and O–H groups in total. The number of halogens is 1. The lowest BCUT2D eigenvalue weighted by atomic mass is 10.1. The Balaban J connectivity index is 1.61. The third kappa shape index (κ3) is 4.67. The summed E-state index contributed by atoms with van der Waals surface area (Å²) in [6.07, 6.45) is 10.3. The van der Waals surface area contributed by atoms with E-state index < -0.39 is 0 Å². The van der Waals surface area contributed by atoms with Gasteiger partial charge in [0.25, 0.3) is 0 Å². The van der Waals surface area contributed by atoms with E-state index in [0.29, 0.717) is 6.04 Å². The SMILES string of the molecule is Cc1ccc(Nc2cc3nc4c(n(-c5ccc(F)cc5)c-3cc2=NC2CCSCC2)=CCCC=4)cn1. The number of nitrogens with zero attached hydrogens (tertiary/aromatic N) is 4. The molecule has 4 aliphatic rings. The Morgan fingerprint density at radius 2 is 1.83 bits per heavy atom. The van der Waals surface area contributed by atoms with Crippen LogP contribution in [0.3, 0.4) is 0 Å². The summed E-state index contributed by atoms with van der Waals surface area (Å²) in [5.41, 5.74) is 5.55. The van der Waals surface area contributed by atoms with Gasteiger partial charge in [0.15, 0.2) is 0 Å². The van der Waals surface area contributed by atoms with Gasteiger partial charge in [-0.2, -0.15) is 11.8 Å². The van der Waals surface area contributed by atoms with Crippen molar-refractivity contribution in [2.75, 3.05) is 16.8 Å². The van der Waals surface area contributed by atoms with E-state index in [1.54, 1.807) is 0 Å². The van der Waals surface area contributed by atoms with Gasteiger partial charge in [0.1, 0.15) is 5.82 Å². The van der Waals surface area contributed by atoms with Crippen molar-refractivity contribution in [2.45, 2.75) is 38.6 Å². The maximum absolute atomic E-state index is 13.8. The van der Waals surface area contributed by atoms with Crippen LogP contribution in [0.15, 0.2) is 59.7 Å². The van der Waals surface area contributed by atoms with Crippen LogP contribution >= 0.6 is 11.8 Å². The molecule has 36 heavy (non-hydrogen) atoms. The van der Waals surface area contributed by atoms with E-state index in [2.05, 4.69) is 39.2 Å². The van der Waals surface area contributed by atoms with Gasteiger partial charge < -0.3 is 9.88 Å². The maximum atomic E-state index is 13.8. The van der Waals surface area contributed by atoms with Crippen LogP contribution < -0.4 is 21.4 Å². The van der Waals surface area contributed by atoms with Crippen LogP contribution in [0, 0.1) is 12.7 Å². The minimum absolute atomic E-state index is 0.244. The Morgan fingerprint density at radius 1 is 1.03 bits per heavy atom. The molecule has 2 aliphatic carbocycles. The topological polar surface area (TPSA) is 55.1 Å². The Hall–Kier alpha value is -3.45. The summed E-state index contributed by atoms with van der Waals surface area (Å²) >= 11 is 2.00. The second kappa shape index (κ2) is 9.90. The zero-order valence-electron chi connectivity index (χ0n) is 20.2. The van der Waals surface area contributed by atoms with Crippen LogP contribution in [0.2, 0.25) is 0 Å². The Kier molecular flexibility index (Phi) is 6.32. The molecule has 0 radical (unpaired) electrons. The first-order valence-corrected chi connectivity index (χ1v) is 13.6. The minimum Gasteiger partial charge on any atom is -0.352 e. The number of anilines is 2. The van der Waals surface area contributed by atoms with E-state index in [1.807, 2.05) is 49.1 Å². The molecule has 0 unspecified atom stereocenters. The summed E-state index contributed by atoms with van der Waals surface area (Å²) < 4.78 is 16.0. The van der Waals surface area contributed by atoms with E-state index in [1.165, 1.54) is 12.1 Å². The van der Waals surface area contributed by atoms with Gasteiger partial charge in [0.2, 0.25) is 0 Å². The van der Waals surface area contributed by atoms with Crippen molar-refractivity contribution in [1.82, 2.24) is 14.5 Å². The van der Waals surface area contributed by atoms with Gasteiger partial charge in [0, 0.05) is 11.4 Å². The molecule has 7 heteroatoms. The van der Waals surface area contributed by atoms with Crippen LogP contribution in [-0.2, 0) is 0 Å². The van der Waals surface area contributed by atoms with Crippen molar-refractivity contribution in [3.8, 4) is 17.1 Å². The number of fused-ring (bicyclic) bond motifs is 2. The average molecular weight is 498 g/mol. The van der Waals surface area contributed by atoms with Crippen LogP contribution in [0.5, 0.6) is 0 Å². The third-order valence-corrected chi connectivity index (χ3v) is 7.76. The number of benzene rings is 2. The number of pyridine rings is 1. The molecule has 3 heterocycles. The molecule has 1 fully saturated rings. The predicted molar refractivity (Wildman–Crippen MR) is 146 cm³/mol.